The van der Waals surface area contributed by atoms with Crippen molar-refractivity contribution >= 4 is 11.3 Å². The summed E-state index contributed by atoms with van der Waals surface area (Å²) in [6.45, 7) is 6.36. The van der Waals surface area contributed by atoms with Crippen molar-refractivity contribution in [3.8, 4) is 0 Å². The first-order valence-corrected chi connectivity index (χ1v) is 6.82. The summed E-state index contributed by atoms with van der Waals surface area (Å²) in [5, 5.41) is 4.66. The largest absolute Gasteiger partial charge is 0.310 e. The fourth-order valence-electron chi connectivity index (χ4n) is 1.88. The lowest BCUT2D eigenvalue weighted by Crippen LogP contribution is -2.38. The highest BCUT2D eigenvalue weighted by molar-refractivity contribution is 7.11. The lowest BCUT2D eigenvalue weighted by molar-refractivity contribution is 0.241. The molecule has 16 heavy (non-hydrogen) atoms. The van der Waals surface area contributed by atoms with Crippen molar-refractivity contribution in [3.05, 3.63) is 16.1 Å². The molecule has 0 aliphatic heterocycles. The minimum atomic E-state index is 0.626. The number of nitrogens with zero attached hydrogens (tertiary/aromatic N) is 2. The fraction of sp³-hybridized carbons (Fsp3) is 0.750. The van der Waals surface area contributed by atoms with E-state index in [2.05, 4.69) is 36.1 Å². The third kappa shape index (κ3) is 3.27. The Labute approximate surface area is 102 Å². The van der Waals surface area contributed by atoms with E-state index in [9.17, 15) is 0 Å². The van der Waals surface area contributed by atoms with Crippen LogP contribution < -0.4 is 5.32 Å². The van der Waals surface area contributed by atoms with Crippen molar-refractivity contribution in [2.75, 3.05) is 13.6 Å². The van der Waals surface area contributed by atoms with Crippen LogP contribution >= 0.6 is 11.3 Å². The molecule has 1 atom stereocenters. The van der Waals surface area contributed by atoms with Gasteiger partial charge in [-0.05, 0) is 33.7 Å². The molecule has 4 heteroatoms. The monoisotopic (exact) mass is 239 g/mol. The van der Waals surface area contributed by atoms with E-state index in [-0.39, 0.29) is 0 Å². The van der Waals surface area contributed by atoms with Gasteiger partial charge in [-0.15, -0.1) is 11.3 Å². The maximum Gasteiger partial charge on any atom is 0.0897 e. The minimum Gasteiger partial charge on any atom is -0.310 e. The highest BCUT2D eigenvalue weighted by atomic mass is 32.1. The van der Waals surface area contributed by atoms with Crippen LogP contribution in [0.2, 0.25) is 0 Å². The lowest BCUT2D eigenvalue weighted by atomic mass is 10.3. The second kappa shape index (κ2) is 5.25. The second-order valence-electron chi connectivity index (χ2n) is 4.72. The highest BCUT2D eigenvalue weighted by Crippen LogP contribution is 2.26. The molecule has 1 unspecified atom stereocenters. The van der Waals surface area contributed by atoms with E-state index >= 15 is 0 Å². The Morgan fingerprint density at radius 1 is 1.62 bits per heavy atom. The van der Waals surface area contributed by atoms with Gasteiger partial charge >= 0.3 is 0 Å². The number of rotatable bonds is 6. The Kier molecular flexibility index (Phi) is 3.95. The molecule has 0 radical (unpaired) electrons. The van der Waals surface area contributed by atoms with E-state index in [4.69, 9.17) is 0 Å². The van der Waals surface area contributed by atoms with Crippen LogP contribution in [0.15, 0.2) is 6.20 Å². The molecule has 1 aromatic heterocycles. The fourth-order valence-corrected chi connectivity index (χ4v) is 2.64. The topological polar surface area (TPSA) is 28.2 Å². The summed E-state index contributed by atoms with van der Waals surface area (Å²) >= 11 is 1.78. The maximum atomic E-state index is 4.26. The first-order valence-electron chi connectivity index (χ1n) is 6.01. The van der Waals surface area contributed by atoms with Crippen LogP contribution in [0.25, 0.3) is 0 Å². The Morgan fingerprint density at radius 3 is 2.94 bits per heavy atom. The zero-order valence-electron chi connectivity index (χ0n) is 10.4. The Bertz CT molecular complexity index is 333. The van der Waals surface area contributed by atoms with Crippen molar-refractivity contribution in [3.63, 3.8) is 0 Å². The van der Waals surface area contributed by atoms with E-state index in [1.165, 1.54) is 17.7 Å². The molecular formula is C12H21N3S. The molecule has 3 nitrogen and oxygen atoms in total. The zero-order valence-corrected chi connectivity index (χ0v) is 11.2. The number of aromatic nitrogens is 1. The summed E-state index contributed by atoms with van der Waals surface area (Å²) in [4.78, 5) is 8.08. The van der Waals surface area contributed by atoms with Crippen molar-refractivity contribution < 1.29 is 0 Å². The molecule has 1 saturated carbocycles. The maximum absolute atomic E-state index is 4.26. The van der Waals surface area contributed by atoms with Gasteiger partial charge in [0, 0.05) is 36.2 Å². The summed E-state index contributed by atoms with van der Waals surface area (Å²) in [6, 6.07) is 1.48. The predicted octanol–water partition coefficient (Wildman–Crippen LogP) is 2.02. The molecule has 1 aliphatic rings. The molecule has 1 heterocycles. The molecule has 0 spiro atoms. The standard InChI is InChI=1S/C12H21N3S/c1-9(15(3)11-4-5-11)6-13-7-12-8-14-10(2)16-12/h8-9,11,13H,4-7H2,1-3H3. The van der Waals surface area contributed by atoms with Gasteiger partial charge < -0.3 is 5.32 Å². The molecule has 0 saturated heterocycles. The summed E-state index contributed by atoms with van der Waals surface area (Å²) in [5.74, 6) is 0. The second-order valence-corrected chi connectivity index (χ2v) is 6.04. The van der Waals surface area contributed by atoms with Crippen LogP contribution in [-0.2, 0) is 6.54 Å². The van der Waals surface area contributed by atoms with Gasteiger partial charge in [0.05, 0.1) is 5.01 Å². The van der Waals surface area contributed by atoms with E-state index < -0.39 is 0 Å². The molecule has 90 valence electrons. The number of nitrogens with one attached hydrogen (secondary N) is 1. The van der Waals surface area contributed by atoms with Gasteiger partial charge in [0.2, 0.25) is 0 Å². The van der Waals surface area contributed by atoms with Gasteiger partial charge in [0.15, 0.2) is 0 Å². The number of hydrogen-bond donors (Lipinski definition) is 1. The smallest absolute Gasteiger partial charge is 0.0897 e. The van der Waals surface area contributed by atoms with Crippen LogP contribution in [-0.4, -0.2) is 35.6 Å². The predicted molar refractivity (Wildman–Crippen MR) is 68.8 cm³/mol. The van der Waals surface area contributed by atoms with Crippen LogP contribution in [0, 0.1) is 6.92 Å². The Balaban J connectivity index is 1.67. The quantitative estimate of drug-likeness (QED) is 0.823. The van der Waals surface area contributed by atoms with Gasteiger partial charge in [-0.3, -0.25) is 4.90 Å². The van der Waals surface area contributed by atoms with Crippen LogP contribution in [0.5, 0.6) is 0 Å². The molecule has 0 bridgehead atoms. The molecule has 1 aromatic rings. The molecule has 0 aromatic carbocycles. The molecule has 0 amide bonds. The van der Waals surface area contributed by atoms with Crippen molar-refractivity contribution in [1.82, 2.24) is 15.2 Å². The summed E-state index contributed by atoms with van der Waals surface area (Å²) < 4.78 is 0. The normalized spacial score (nSPS) is 18.0. The number of likely N-dealkylation sites (N-methyl/N-ethyl adjacent to an activating group) is 1. The number of hydrogen-bond acceptors (Lipinski definition) is 4. The minimum absolute atomic E-state index is 0.626. The molecule has 1 aliphatic carbocycles. The lowest BCUT2D eigenvalue weighted by Gasteiger charge is -2.24. The zero-order chi connectivity index (χ0) is 11.5. The third-order valence-electron chi connectivity index (χ3n) is 3.23. The van der Waals surface area contributed by atoms with E-state index in [0.29, 0.717) is 6.04 Å². The van der Waals surface area contributed by atoms with Gasteiger partial charge in [-0.1, -0.05) is 0 Å². The van der Waals surface area contributed by atoms with E-state index in [1.807, 2.05) is 6.20 Å². The number of aryl methyl sites for hydroxylation is 1. The first kappa shape index (κ1) is 12.0. The average molecular weight is 239 g/mol. The van der Waals surface area contributed by atoms with Crippen molar-refractivity contribution in [2.24, 2.45) is 0 Å². The van der Waals surface area contributed by atoms with Crippen LogP contribution in [0.4, 0.5) is 0 Å². The summed E-state index contributed by atoms with van der Waals surface area (Å²) in [5.41, 5.74) is 0. The Morgan fingerprint density at radius 2 is 2.38 bits per heavy atom. The van der Waals surface area contributed by atoms with Crippen LogP contribution in [0.3, 0.4) is 0 Å². The van der Waals surface area contributed by atoms with Crippen LogP contribution in [0.1, 0.15) is 29.7 Å². The SMILES string of the molecule is Cc1ncc(CNCC(C)N(C)C2CC2)s1. The van der Waals surface area contributed by atoms with E-state index in [0.717, 1.165) is 24.1 Å². The molecule has 2 rings (SSSR count). The first-order chi connectivity index (χ1) is 7.66. The highest BCUT2D eigenvalue weighted by Gasteiger charge is 2.28. The number of thiazole rings is 1. The summed E-state index contributed by atoms with van der Waals surface area (Å²) in [7, 11) is 2.24. The van der Waals surface area contributed by atoms with Crippen molar-refractivity contribution in [2.45, 2.75) is 45.3 Å². The van der Waals surface area contributed by atoms with Gasteiger partial charge in [-0.25, -0.2) is 4.98 Å². The summed E-state index contributed by atoms with van der Waals surface area (Å²) in [6.07, 6.45) is 4.74. The molecular weight excluding hydrogens is 218 g/mol. The average Bonchev–Trinajstić information content (AvgIpc) is 3.02. The van der Waals surface area contributed by atoms with Crippen molar-refractivity contribution in [1.29, 1.82) is 0 Å². The molecule has 1 N–H and O–H groups in total. The molecule has 1 fully saturated rings. The van der Waals surface area contributed by atoms with Gasteiger partial charge in [0.25, 0.3) is 0 Å². The van der Waals surface area contributed by atoms with Gasteiger partial charge in [0.1, 0.15) is 0 Å². The van der Waals surface area contributed by atoms with Gasteiger partial charge in [-0.2, -0.15) is 0 Å². The van der Waals surface area contributed by atoms with E-state index in [1.54, 1.807) is 11.3 Å². The Hall–Kier alpha value is -0.450. The third-order valence-corrected chi connectivity index (χ3v) is 4.14.